The quantitative estimate of drug-likeness (QED) is 0.790. The zero-order valence-corrected chi connectivity index (χ0v) is 11.3. The summed E-state index contributed by atoms with van der Waals surface area (Å²) in [5.74, 6) is 0.939. The number of anilines is 1. The van der Waals surface area contributed by atoms with Crippen LogP contribution in [0.15, 0.2) is 24.3 Å². The lowest BCUT2D eigenvalue weighted by Crippen LogP contribution is -2.38. The molecule has 1 aliphatic rings. The summed E-state index contributed by atoms with van der Waals surface area (Å²) in [6.45, 7) is 5.43. The summed E-state index contributed by atoms with van der Waals surface area (Å²) < 4.78 is 11.1. The standard InChI is InChI=1S/C14H22N2O2/c1-15(2)13-3-5-14(6-4-13)18-12-9-16-7-10-17-11-8-16/h3-6H,7-12H2,1-2H3. The molecule has 0 bridgehead atoms. The van der Waals surface area contributed by atoms with Crippen molar-refractivity contribution in [3.05, 3.63) is 24.3 Å². The average molecular weight is 250 g/mol. The maximum Gasteiger partial charge on any atom is 0.119 e. The van der Waals surface area contributed by atoms with E-state index in [1.165, 1.54) is 5.69 Å². The lowest BCUT2D eigenvalue weighted by molar-refractivity contribution is 0.0322. The monoisotopic (exact) mass is 250 g/mol. The minimum atomic E-state index is 0.737. The number of hydrogen-bond acceptors (Lipinski definition) is 4. The first-order valence-electron chi connectivity index (χ1n) is 6.46. The van der Waals surface area contributed by atoms with Crippen molar-refractivity contribution in [2.24, 2.45) is 0 Å². The second kappa shape index (κ2) is 6.61. The molecule has 0 radical (unpaired) electrons. The molecule has 1 heterocycles. The number of rotatable bonds is 5. The molecule has 0 atom stereocenters. The Balaban J connectivity index is 1.72. The van der Waals surface area contributed by atoms with Crippen molar-refractivity contribution < 1.29 is 9.47 Å². The van der Waals surface area contributed by atoms with E-state index in [-0.39, 0.29) is 0 Å². The molecule has 1 fully saturated rings. The second-order valence-electron chi connectivity index (χ2n) is 4.69. The second-order valence-corrected chi connectivity index (χ2v) is 4.69. The molecule has 0 spiro atoms. The Hall–Kier alpha value is -1.26. The van der Waals surface area contributed by atoms with E-state index in [0.717, 1.165) is 45.2 Å². The molecule has 1 aromatic carbocycles. The summed E-state index contributed by atoms with van der Waals surface area (Å²) in [6.07, 6.45) is 0. The average Bonchev–Trinajstić information content (AvgIpc) is 2.40. The third-order valence-electron chi connectivity index (χ3n) is 3.13. The van der Waals surface area contributed by atoms with Gasteiger partial charge in [-0.2, -0.15) is 0 Å². The van der Waals surface area contributed by atoms with Gasteiger partial charge >= 0.3 is 0 Å². The first-order chi connectivity index (χ1) is 8.75. The summed E-state index contributed by atoms with van der Waals surface area (Å²) in [5.41, 5.74) is 1.19. The van der Waals surface area contributed by atoms with Crippen LogP contribution in [0.25, 0.3) is 0 Å². The van der Waals surface area contributed by atoms with Crippen LogP contribution < -0.4 is 9.64 Å². The fourth-order valence-corrected chi connectivity index (χ4v) is 1.96. The Bertz CT molecular complexity index is 345. The van der Waals surface area contributed by atoms with Crippen molar-refractivity contribution in [3.63, 3.8) is 0 Å². The van der Waals surface area contributed by atoms with Gasteiger partial charge in [0.1, 0.15) is 12.4 Å². The van der Waals surface area contributed by atoms with Crippen molar-refractivity contribution >= 4 is 5.69 Å². The topological polar surface area (TPSA) is 24.9 Å². The van der Waals surface area contributed by atoms with Crippen LogP contribution in [0.3, 0.4) is 0 Å². The largest absolute Gasteiger partial charge is 0.492 e. The molecule has 0 aromatic heterocycles. The highest BCUT2D eigenvalue weighted by molar-refractivity contribution is 5.47. The molecule has 100 valence electrons. The molecule has 0 N–H and O–H groups in total. The number of benzene rings is 1. The minimum absolute atomic E-state index is 0.737. The van der Waals surface area contributed by atoms with Gasteiger partial charge in [0, 0.05) is 39.4 Å². The van der Waals surface area contributed by atoms with Crippen LogP contribution in [-0.2, 0) is 4.74 Å². The third-order valence-corrected chi connectivity index (χ3v) is 3.13. The lowest BCUT2D eigenvalue weighted by atomic mass is 10.3. The third kappa shape index (κ3) is 3.89. The van der Waals surface area contributed by atoms with Crippen LogP contribution in [0.5, 0.6) is 5.75 Å². The van der Waals surface area contributed by atoms with Crippen molar-refractivity contribution in [2.45, 2.75) is 0 Å². The van der Waals surface area contributed by atoms with Gasteiger partial charge in [0.05, 0.1) is 13.2 Å². The zero-order valence-electron chi connectivity index (χ0n) is 11.3. The van der Waals surface area contributed by atoms with Gasteiger partial charge < -0.3 is 14.4 Å². The van der Waals surface area contributed by atoms with Gasteiger partial charge in [-0.15, -0.1) is 0 Å². The first kappa shape index (κ1) is 13.2. The smallest absolute Gasteiger partial charge is 0.119 e. The minimum Gasteiger partial charge on any atom is -0.492 e. The van der Waals surface area contributed by atoms with Gasteiger partial charge in [-0.25, -0.2) is 0 Å². The molecule has 4 nitrogen and oxygen atoms in total. The van der Waals surface area contributed by atoms with Gasteiger partial charge in [-0.3, -0.25) is 4.90 Å². The van der Waals surface area contributed by atoms with E-state index in [2.05, 4.69) is 21.9 Å². The van der Waals surface area contributed by atoms with Crippen LogP contribution in [0.2, 0.25) is 0 Å². The maximum atomic E-state index is 5.74. The molecule has 0 saturated carbocycles. The fraction of sp³-hybridized carbons (Fsp3) is 0.571. The molecule has 18 heavy (non-hydrogen) atoms. The highest BCUT2D eigenvalue weighted by Gasteiger charge is 2.09. The molecule has 4 heteroatoms. The van der Waals surface area contributed by atoms with Crippen LogP contribution in [0, 0.1) is 0 Å². The molecule has 0 unspecified atom stereocenters. The SMILES string of the molecule is CN(C)c1ccc(OCCN2CCOCC2)cc1. The van der Waals surface area contributed by atoms with Gasteiger partial charge in [0.15, 0.2) is 0 Å². The molecule has 1 saturated heterocycles. The number of nitrogens with zero attached hydrogens (tertiary/aromatic N) is 2. The summed E-state index contributed by atoms with van der Waals surface area (Å²) in [5, 5.41) is 0. The van der Waals surface area contributed by atoms with E-state index >= 15 is 0 Å². The van der Waals surface area contributed by atoms with E-state index in [4.69, 9.17) is 9.47 Å². The van der Waals surface area contributed by atoms with Crippen LogP contribution in [-0.4, -0.2) is 58.5 Å². The van der Waals surface area contributed by atoms with E-state index in [1.54, 1.807) is 0 Å². The predicted molar refractivity (Wildman–Crippen MR) is 73.5 cm³/mol. The molecule has 0 amide bonds. The molecule has 1 aliphatic heterocycles. The Kier molecular flexibility index (Phi) is 4.84. The Labute approximate surface area is 109 Å². The lowest BCUT2D eigenvalue weighted by Gasteiger charge is -2.26. The zero-order chi connectivity index (χ0) is 12.8. The number of hydrogen-bond donors (Lipinski definition) is 0. The van der Waals surface area contributed by atoms with Gasteiger partial charge in [0.25, 0.3) is 0 Å². The van der Waals surface area contributed by atoms with Gasteiger partial charge in [-0.1, -0.05) is 0 Å². The predicted octanol–water partition coefficient (Wildman–Crippen LogP) is 1.46. The van der Waals surface area contributed by atoms with E-state index in [0.29, 0.717) is 0 Å². The van der Waals surface area contributed by atoms with Gasteiger partial charge in [0.2, 0.25) is 0 Å². The van der Waals surface area contributed by atoms with Crippen molar-refractivity contribution in [1.82, 2.24) is 4.90 Å². The molecule has 2 rings (SSSR count). The molecule has 1 aromatic rings. The Morgan fingerprint density at radius 1 is 1.17 bits per heavy atom. The van der Waals surface area contributed by atoms with Crippen LogP contribution >= 0.6 is 0 Å². The molecular weight excluding hydrogens is 228 g/mol. The van der Waals surface area contributed by atoms with E-state index < -0.39 is 0 Å². The van der Waals surface area contributed by atoms with Crippen LogP contribution in [0.4, 0.5) is 5.69 Å². The fourth-order valence-electron chi connectivity index (χ4n) is 1.96. The van der Waals surface area contributed by atoms with Crippen molar-refractivity contribution in [1.29, 1.82) is 0 Å². The summed E-state index contributed by atoms with van der Waals surface area (Å²) in [4.78, 5) is 4.45. The van der Waals surface area contributed by atoms with E-state index in [1.807, 2.05) is 26.2 Å². The van der Waals surface area contributed by atoms with Crippen molar-refractivity contribution in [3.8, 4) is 5.75 Å². The number of ether oxygens (including phenoxy) is 2. The van der Waals surface area contributed by atoms with Gasteiger partial charge in [-0.05, 0) is 24.3 Å². The molecular formula is C14H22N2O2. The maximum absolute atomic E-state index is 5.74. The van der Waals surface area contributed by atoms with Crippen molar-refractivity contribution in [2.75, 3.05) is 58.5 Å². The Morgan fingerprint density at radius 2 is 1.83 bits per heavy atom. The normalized spacial score (nSPS) is 16.6. The van der Waals surface area contributed by atoms with E-state index in [9.17, 15) is 0 Å². The highest BCUT2D eigenvalue weighted by Crippen LogP contribution is 2.17. The Morgan fingerprint density at radius 3 is 2.44 bits per heavy atom. The summed E-state index contributed by atoms with van der Waals surface area (Å²) >= 11 is 0. The highest BCUT2D eigenvalue weighted by atomic mass is 16.5. The number of morpholine rings is 1. The summed E-state index contributed by atoms with van der Waals surface area (Å²) in [7, 11) is 4.07. The first-order valence-corrected chi connectivity index (χ1v) is 6.46. The van der Waals surface area contributed by atoms with Crippen LogP contribution in [0.1, 0.15) is 0 Å². The molecule has 0 aliphatic carbocycles. The summed E-state index contributed by atoms with van der Waals surface area (Å²) in [6, 6.07) is 8.19.